The highest BCUT2D eigenvalue weighted by molar-refractivity contribution is 7.80. The predicted molar refractivity (Wildman–Crippen MR) is 94.3 cm³/mol. The second-order valence-electron chi connectivity index (χ2n) is 6.03. The lowest BCUT2D eigenvalue weighted by Crippen LogP contribution is -2.04. The molecule has 0 bridgehead atoms. The van der Waals surface area contributed by atoms with Gasteiger partial charge in [-0.3, -0.25) is 9.35 Å². The van der Waals surface area contributed by atoms with E-state index in [4.69, 9.17) is 4.55 Å². The Bertz CT molecular complexity index is 578. The van der Waals surface area contributed by atoms with Gasteiger partial charge in [-0.05, 0) is 12.0 Å². The van der Waals surface area contributed by atoms with Crippen LogP contribution in [0.5, 0.6) is 0 Å². The lowest BCUT2D eigenvalue weighted by molar-refractivity contribution is 0.0979. The molecule has 1 aromatic carbocycles. The van der Waals surface area contributed by atoms with Crippen LogP contribution in [0.25, 0.3) is 0 Å². The van der Waals surface area contributed by atoms with E-state index in [0.29, 0.717) is 17.5 Å². The monoisotopic (exact) mass is 356 g/mol. The maximum absolute atomic E-state index is 12.1. The van der Waals surface area contributed by atoms with Crippen molar-refractivity contribution in [1.29, 1.82) is 0 Å². The zero-order valence-electron chi connectivity index (χ0n) is 14.4. The lowest BCUT2D eigenvalue weighted by atomic mass is 10.0. The van der Waals surface area contributed by atoms with E-state index in [1.54, 1.807) is 24.3 Å². The third-order valence-electron chi connectivity index (χ3n) is 3.91. The van der Waals surface area contributed by atoms with Gasteiger partial charge >= 0.3 is 10.4 Å². The zero-order chi connectivity index (χ0) is 17.8. The van der Waals surface area contributed by atoms with Crippen molar-refractivity contribution in [3.8, 4) is 0 Å². The van der Waals surface area contributed by atoms with Crippen LogP contribution in [0, 0.1) is 0 Å². The standard InChI is InChI=1S/C18H28O5S/c1-2-3-4-5-6-7-8-9-10-18(19)17-13-11-16(12-14-17)15-23-24(20,21)22/h11-14H,2-10,15H2,1H3,(H,20,21,22). The molecule has 5 nitrogen and oxygen atoms in total. The van der Waals surface area contributed by atoms with Gasteiger partial charge in [0.25, 0.3) is 0 Å². The normalized spacial score (nSPS) is 11.6. The Hall–Kier alpha value is -1.24. The number of hydrogen-bond donors (Lipinski definition) is 1. The molecule has 1 N–H and O–H groups in total. The fourth-order valence-electron chi connectivity index (χ4n) is 2.49. The summed E-state index contributed by atoms with van der Waals surface area (Å²) in [6, 6.07) is 6.59. The van der Waals surface area contributed by atoms with Crippen molar-refractivity contribution >= 4 is 16.2 Å². The van der Waals surface area contributed by atoms with Crippen molar-refractivity contribution in [2.45, 2.75) is 71.3 Å². The molecule has 0 aliphatic carbocycles. The highest BCUT2D eigenvalue weighted by Gasteiger charge is 2.08. The summed E-state index contributed by atoms with van der Waals surface area (Å²) in [6.45, 7) is 1.96. The summed E-state index contributed by atoms with van der Waals surface area (Å²) in [5.41, 5.74) is 1.20. The van der Waals surface area contributed by atoms with E-state index < -0.39 is 10.4 Å². The Kier molecular flexibility index (Phi) is 9.83. The molecule has 0 aliphatic rings. The Morgan fingerprint density at radius 2 is 1.50 bits per heavy atom. The van der Waals surface area contributed by atoms with E-state index in [1.165, 1.54) is 38.5 Å². The maximum Gasteiger partial charge on any atom is 0.397 e. The smallest absolute Gasteiger partial charge is 0.294 e. The van der Waals surface area contributed by atoms with Gasteiger partial charge in [-0.2, -0.15) is 8.42 Å². The average Bonchev–Trinajstić information content (AvgIpc) is 2.55. The van der Waals surface area contributed by atoms with Crippen LogP contribution >= 0.6 is 0 Å². The molecule has 0 aromatic heterocycles. The van der Waals surface area contributed by atoms with Crippen molar-refractivity contribution in [2.75, 3.05) is 0 Å². The number of rotatable bonds is 13. The molecule has 0 fully saturated rings. The summed E-state index contributed by atoms with van der Waals surface area (Å²) in [5, 5.41) is 0. The van der Waals surface area contributed by atoms with Gasteiger partial charge in [0.2, 0.25) is 0 Å². The Morgan fingerprint density at radius 3 is 2.04 bits per heavy atom. The van der Waals surface area contributed by atoms with E-state index >= 15 is 0 Å². The van der Waals surface area contributed by atoms with E-state index in [1.807, 2.05) is 0 Å². The van der Waals surface area contributed by atoms with Crippen LogP contribution in [-0.4, -0.2) is 18.8 Å². The van der Waals surface area contributed by atoms with Gasteiger partial charge in [0.1, 0.15) is 0 Å². The van der Waals surface area contributed by atoms with Crippen LogP contribution in [0.4, 0.5) is 0 Å². The van der Waals surface area contributed by atoms with Gasteiger partial charge in [0.05, 0.1) is 6.61 Å². The zero-order valence-corrected chi connectivity index (χ0v) is 15.2. The predicted octanol–water partition coefficient (Wildman–Crippen LogP) is 4.72. The highest BCUT2D eigenvalue weighted by Crippen LogP contribution is 2.13. The molecule has 0 spiro atoms. The number of Topliss-reactive ketones (excluding diaryl/α,β-unsaturated/α-hetero) is 1. The molecule has 0 aliphatic heterocycles. The minimum atomic E-state index is -4.44. The molecule has 0 saturated carbocycles. The molecule has 0 saturated heterocycles. The van der Waals surface area contributed by atoms with Crippen molar-refractivity contribution in [2.24, 2.45) is 0 Å². The molecule has 0 atom stereocenters. The SMILES string of the molecule is CCCCCCCCCCC(=O)c1ccc(COS(=O)(=O)O)cc1. The van der Waals surface area contributed by atoms with Crippen molar-refractivity contribution in [1.82, 2.24) is 0 Å². The van der Waals surface area contributed by atoms with Gasteiger partial charge in [-0.1, -0.05) is 76.1 Å². The molecular formula is C18H28O5S. The first-order valence-corrected chi connectivity index (χ1v) is 10.0. The minimum Gasteiger partial charge on any atom is -0.294 e. The van der Waals surface area contributed by atoms with Crippen LogP contribution in [0.3, 0.4) is 0 Å². The molecule has 0 unspecified atom stereocenters. The van der Waals surface area contributed by atoms with Gasteiger partial charge in [-0.25, -0.2) is 4.18 Å². The van der Waals surface area contributed by atoms with Crippen LogP contribution in [-0.2, 0) is 21.2 Å². The quantitative estimate of drug-likeness (QED) is 0.314. The summed E-state index contributed by atoms with van der Waals surface area (Å²) >= 11 is 0. The highest BCUT2D eigenvalue weighted by atomic mass is 32.3. The fourth-order valence-corrected chi connectivity index (χ4v) is 2.78. The first-order chi connectivity index (χ1) is 11.4. The average molecular weight is 356 g/mol. The second kappa shape index (κ2) is 11.3. The van der Waals surface area contributed by atoms with Crippen molar-refractivity contribution in [3.63, 3.8) is 0 Å². The molecule has 136 valence electrons. The largest absolute Gasteiger partial charge is 0.397 e. The van der Waals surface area contributed by atoms with E-state index in [0.717, 1.165) is 12.8 Å². The molecule has 1 rings (SSSR count). The van der Waals surface area contributed by atoms with Gasteiger partial charge in [0.15, 0.2) is 5.78 Å². The molecule has 6 heteroatoms. The molecular weight excluding hydrogens is 328 g/mol. The van der Waals surface area contributed by atoms with E-state index in [-0.39, 0.29) is 12.4 Å². The molecule has 0 amide bonds. The number of benzene rings is 1. The van der Waals surface area contributed by atoms with Crippen LogP contribution in [0.2, 0.25) is 0 Å². The number of carbonyl (C=O) groups excluding carboxylic acids is 1. The first-order valence-electron chi connectivity index (χ1n) is 8.66. The summed E-state index contributed by atoms with van der Waals surface area (Å²) in [5.74, 6) is 0.100. The number of hydrogen-bond acceptors (Lipinski definition) is 4. The summed E-state index contributed by atoms with van der Waals surface area (Å²) < 4.78 is 33.8. The van der Waals surface area contributed by atoms with Crippen LogP contribution in [0.15, 0.2) is 24.3 Å². The Morgan fingerprint density at radius 1 is 0.958 bits per heavy atom. The van der Waals surface area contributed by atoms with Crippen molar-refractivity contribution in [3.05, 3.63) is 35.4 Å². The Labute approximate surface area is 145 Å². The van der Waals surface area contributed by atoms with E-state index in [9.17, 15) is 13.2 Å². The van der Waals surface area contributed by atoms with Gasteiger partial charge in [0, 0.05) is 12.0 Å². The molecule has 0 radical (unpaired) electrons. The lowest BCUT2D eigenvalue weighted by Gasteiger charge is -2.04. The molecule has 24 heavy (non-hydrogen) atoms. The molecule has 1 aromatic rings. The number of carbonyl (C=O) groups is 1. The third-order valence-corrected chi connectivity index (χ3v) is 4.32. The van der Waals surface area contributed by atoms with Crippen molar-refractivity contribution < 1.29 is 21.9 Å². The number of unbranched alkanes of at least 4 members (excludes halogenated alkanes) is 7. The van der Waals surface area contributed by atoms with Gasteiger partial charge < -0.3 is 0 Å². The summed E-state index contributed by atoms with van der Waals surface area (Å²) in [7, 11) is -4.44. The van der Waals surface area contributed by atoms with E-state index in [2.05, 4.69) is 11.1 Å². The second-order valence-corrected chi connectivity index (χ2v) is 7.13. The minimum absolute atomic E-state index is 0.100. The van der Waals surface area contributed by atoms with Crippen LogP contribution < -0.4 is 0 Å². The topological polar surface area (TPSA) is 80.7 Å². The summed E-state index contributed by atoms with van der Waals surface area (Å²) in [4.78, 5) is 12.1. The fraction of sp³-hybridized carbons (Fsp3) is 0.611. The Balaban J connectivity index is 2.23. The summed E-state index contributed by atoms with van der Waals surface area (Å²) in [6.07, 6.45) is 10.1. The third kappa shape index (κ3) is 9.80. The molecule has 0 heterocycles. The number of ketones is 1. The van der Waals surface area contributed by atoms with Crippen LogP contribution in [0.1, 0.15) is 80.6 Å². The first kappa shape index (κ1) is 20.8. The van der Waals surface area contributed by atoms with Gasteiger partial charge in [-0.15, -0.1) is 0 Å². The maximum atomic E-state index is 12.1.